The molecule has 2 N–H and O–H groups in total. The Labute approximate surface area is 185 Å². The van der Waals surface area contributed by atoms with E-state index in [1.54, 1.807) is 35.0 Å². The van der Waals surface area contributed by atoms with Gasteiger partial charge in [0, 0.05) is 0 Å². The van der Waals surface area contributed by atoms with Gasteiger partial charge in [0.05, 0.1) is 17.0 Å². The highest BCUT2D eigenvalue weighted by molar-refractivity contribution is 7.92. The van der Waals surface area contributed by atoms with Crippen LogP contribution in [0.2, 0.25) is 0 Å². The van der Waals surface area contributed by atoms with Gasteiger partial charge in [-0.15, -0.1) is 5.10 Å². The standard InChI is InChI=1S/C23H20FN5O2S/c24-18-13-11-17(12-14-18)21-15-20(16-7-3-1-4-8-16)25-23-26-22(27-29(21)23)28-32(30,31)19-9-5-2-6-10-19/h1-14,20-21H,15H2,(H2,25,26,27,28)/t20-,21-/m1/s1. The lowest BCUT2D eigenvalue weighted by molar-refractivity contribution is 0.431. The predicted molar refractivity (Wildman–Crippen MR) is 119 cm³/mol. The molecule has 3 aromatic carbocycles. The minimum absolute atomic E-state index is 0.0304. The molecule has 9 heteroatoms. The number of fused-ring (bicyclic) bond motifs is 1. The van der Waals surface area contributed by atoms with Gasteiger partial charge in [-0.05, 0) is 41.8 Å². The Morgan fingerprint density at radius 2 is 1.56 bits per heavy atom. The number of nitrogens with zero attached hydrogens (tertiary/aromatic N) is 3. The Hall–Kier alpha value is -3.72. The fourth-order valence-electron chi connectivity index (χ4n) is 3.87. The molecule has 32 heavy (non-hydrogen) atoms. The van der Waals surface area contributed by atoms with Crippen molar-refractivity contribution in [1.82, 2.24) is 14.8 Å². The van der Waals surface area contributed by atoms with Gasteiger partial charge < -0.3 is 5.32 Å². The summed E-state index contributed by atoms with van der Waals surface area (Å²) in [7, 11) is -3.83. The van der Waals surface area contributed by atoms with Crippen LogP contribution in [-0.4, -0.2) is 23.2 Å². The van der Waals surface area contributed by atoms with E-state index in [1.165, 1.54) is 24.3 Å². The molecule has 4 aromatic rings. The second-order valence-electron chi connectivity index (χ2n) is 7.53. The van der Waals surface area contributed by atoms with Gasteiger partial charge >= 0.3 is 0 Å². The molecule has 162 valence electrons. The summed E-state index contributed by atoms with van der Waals surface area (Å²) in [5.74, 6) is 0.0831. The summed E-state index contributed by atoms with van der Waals surface area (Å²) in [6.07, 6.45) is 0.636. The van der Waals surface area contributed by atoms with Crippen LogP contribution in [0.3, 0.4) is 0 Å². The van der Waals surface area contributed by atoms with E-state index in [2.05, 4.69) is 20.1 Å². The van der Waals surface area contributed by atoms with Crippen LogP contribution in [-0.2, 0) is 10.0 Å². The molecule has 7 nitrogen and oxygen atoms in total. The summed E-state index contributed by atoms with van der Waals surface area (Å²) in [4.78, 5) is 4.53. The summed E-state index contributed by atoms with van der Waals surface area (Å²) in [5.41, 5.74) is 1.93. The molecule has 5 rings (SSSR count). The van der Waals surface area contributed by atoms with Crippen LogP contribution in [0.5, 0.6) is 0 Å². The van der Waals surface area contributed by atoms with Crippen LogP contribution in [0.1, 0.15) is 29.6 Å². The van der Waals surface area contributed by atoms with E-state index in [9.17, 15) is 12.8 Å². The average molecular weight is 450 g/mol. The van der Waals surface area contributed by atoms with Gasteiger partial charge in [-0.3, -0.25) is 0 Å². The highest BCUT2D eigenvalue weighted by atomic mass is 32.2. The summed E-state index contributed by atoms with van der Waals surface area (Å²) < 4.78 is 43.1. The van der Waals surface area contributed by atoms with E-state index in [1.807, 2.05) is 30.3 Å². The molecule has 0 unspecified atom stereocenters. The number of halogens is 1. The van der Waals surface area contributed by atoms with E-state index < -0.39 is 10.0 Å². The van der Waals surface area contributed by atoms with Crippen molar-refractivity contribution in [1.29, 1.82) is 0 Å². The Bertz CT molecular complexity index is 1330. The predicted octanol–water partition coefficient (Wildman–Crippen LogP) is 4.36. The van der Waals surface area contributed by atoms with Crippen molar-refractivity contribution in [2.45, 2.75) is 23.4 Å². The molecule has 0 fully saturated rings. The van der Waals surface area contributed by atoms with Crippen molar-refractivity contribution in [3.8, 4) is 0 Å². The number of benzene rings is 3. The van der Waals surface area contributed by atoms with Crippen LogP contribution in [0.4, 0.5) is 16.3 Å². The first kappa shape index (κ1) is 20.2. The van der Waals surface area contributed by atoms with Crippen molar-refractivity contribution in [3.05, 3.63) is 102 Å². The molecular formula is C23H20FN5O2S. The van der Waals surface area contributed by atoms with Crippen LogP contribution < -0.4 is 10.0 Å². The van der Waals surface area contributed by atoms with Crippen LogP contribution in [0.15, 0.2) is 89.8 Å². The van der Waals surface area contributed by atoms with Gasteiger partial charge in [-0.2, -0.15) is 4.98 Å². The van der Waals surface area contributed by atoms with E-state index in [-0.39, 0.29) is 28.7 Å². The molecule has 1 aromatic heterocycles. The van der Waals surface area contributed by atoms with E-state index in [0.29, 0.717) is 12.4 Å². The second-order valence-corrected chi connectivity index (χ2v) is 9.22. The first-order valence-corrected chi connectivity index (χ1v) is 11.6. The molecule has 0 spiro atoms. The lowest BCUT2D eigenvalue weighted by atomic mass is 9.93. The van der Waals surface area contributed by atoms with Crippen molar-refractivity contribution in [3.63, 3.8) is 0 Å². The number of nitrogens with one attached hydrogen (secondary N) is 2. The summed E-state index contributed by atoms with van der Waals surface area (Å²) >= 11 is 0. The van der Waals surface area contributed by atoms with Crippen molar-refractivity contribution in [2.24, 2.45) is 0 Å². The number of anilines is 2. The van der Waals surface area contributed by atoms with Crippen molar-refractivity contribution >= 4 is 21.9 Å². The van der Waals surface area contributed by atoms with E-state index in [0.717, 1.165) is 11.1 Å². The summed E-state index contributed by atoms with van der Waals surface area (Å²) in [5, 5.41) is 7.78. The van der Waals surface area contributed by atoms with Crippen molar-refractivity contribution < 1.29 is 12.8 Å². The maximum absolute atomic E-state index is 13.5. The lowest BCUT2D eigenvalue weighted by Gasteiger charge is -2.31. The van der Waals surface area contributed by atoms with Crippen LogP contribution >= 0.6 is 0 Å². The monoisotopic (exact) mass is 449 g/mol. The van der Waals surface area contributed by atoms with E-state index >= 15 is 0 Å². The number of hydrogen-bond donors (Lipinski definition) is 2. The van der Waals surface area contributed by atoms with Gasteiger partial charge in [-0.25, -0.2) is 22.2 Å². The Balaban J connectivity index is 1.52. The number of hydrogen-bond acceptors (Lipinski definition) is 5. The first-order valence-electron chi connectivity index (χ1n) is 10.1. The molecule has 0 amide bonds. The molecule has 0 bridgehead atoms. The number of sulfonamides is 1. The third-order valence-electron chi connectivity index (χ3n) is 5.42. The largest absolute Gasteiger partial charge is 0.347 e. The summed E-state index contributed by atoms with van der Waals surface area (Å²) in [6, 6.07) is 23.9. The third-order valence-corrected chi connectivity index (χ3v) is 6.77. The van der Waals surface area contributed by atoms with Gasteiger partial charge in [0.25, 0.3) is 16.0 Å². The molecule has 0 saturated heterocycles. The zero-order valence-corrected chi connectivity index (χ0v) is 17.7. The molecule has 0 radical (unpaired) electrons. The Morgan fingerprint density at radius 3 is 2.25 bits per heavy atom. The minimum Gasteiger partial charge on any atom is -0.347 e. The SMILES string of the molecule is O=S(=O)(Nc1nc2n(n1)[C@@H](c1ccc(F)cc1)C[C@H](c1ccccc1)N2)c1ccccc1. The minimum atomic E-state index is -3.83. The normalized spacial score (nSPS) is 17.9. The fraction of sp³-hybridized carbons (Fsp3) is 0.130. The fourth-order valence-corrected chi connectivity index (χ4v) is 4.83. The molecule has 0 saturated carbocycles. The quantitative estimate of drug-likeness (QED) is 0.473. The maximum Gasteiger partial charge on any atom is 0.264 e. The van der Waals surface area contributed by atoms with Crippen LogP contribution in [0, 0.1) is 5.82 Å². The Kier molecular flexibility index (Phi) is 5.10. The Morgan fingerprint density at radius 1 is 0.906 bits per heavy atom. The molecule has 0 aliphatic carbocycles. The van der Waals surface area contributed by atoms with Gasteiger partial charge in [0.15, 0.2) is 0 Å². The van der Waals surface area contributed by atoms with Crippen LogP contribution in [0.25, 0.3) is 0 Å². The third kappa shape index (κ3) is 3.94. The molecule has 2 atom stereocenters. The van der Waals surface area contributed by atoms with Gasteiger partial charge in [0.2, 0.25) is 5.95 Å². The smallest absolute Gasteiger partial charge is 0.264 e. The zero-order valence-electron chi connectivity index (χ0n) is 16.9. The summed E-state index contributed by atoms with van der Waals surface area (Å²) in [6.45, 7) is 0. The lowest BCUT2D eigenvalue weighted by Crippen LogP contribution is -2.28. The molecule has 1 aliphatic heterocycles. The number of rotatable bonds is 5. The second kappa shape index (κ2) is 8.08. The first-order chi connectivity index (χ1) is 15.5. The molecule has 2 heterocycles. The zero-order chi connectivity index (χ0) is 22.1. The van der Waals surface area contributed by atoms with Crippen molar-refractivity contribution in [2.75, 3.05) is 10.0 Å². The van der Waals surface area contributed by atoms with Gasteiger partial charge in [-0.1, -0.05) is 60.7 Å². The highest BCUT2D eigenvalue weighted by Gasteiger charge is 2.32. The number of aromatic nitrogens is 3. The maximum atomic E-state index is 13.5. The highest BCUT2D eigenvalue weighted by Crippen LogP contribution is 2.38. The van der Waals surface area contributed by atoms with Gasteiger partial charge in [0.1, 0.15) is 5.82 Å². The average Bonchev–Trinajstić information content (AvgIpc) is 3.22. The topological polar surface area (TPSA) is 88.9 Å². The molecular weight excluding hydrogens is 429 g/mol. The van der Waals surface area contributed by atoms with E-state index in [4.69, 9.17) is 0 Å². The molecule has 1 aliphatic rings.